The van der Waals surface area contributed by atoms with Crippen LogP contribution in [0.1, 0.15) is 6.92 Å². The second-order valence-corrected chi connectivity index (χ2v) is 6.25. The fraction of sp³-hybridized carbons (Fsp3) is 0.222. The molecular weight excluding hydrogens is 366 g/mol. The van der Waals surface area contributed by atoms with Crippen LogP contribution in [0.4, 0.5) is 5.69 Å². The minimum atomic E-state index is -0.183. The normalized spacial score (nSPS) is 10.4. The van der Waals surface area contributed by atoms with Crippen LogP contribution in [0.3, 0.4) is 0 Å². The van der Waals surface area contributed by atoms with E-state index in [1.807, 2.05) is 43.3 Å². The van der Waals surface area contributed by atoms with Crippen molar-refractivity contribution in [3.8, 4) is 17.2 Å². The predicted molar refractivity (Wildman–Crippen MR) is 103 cm³/mol. The van der Waals surface area contributed by atoms with Crippen molar-refractivity contribution in [2.45, 2.75) is 12.1 Å². The van der Waals surface area contributed by atoms with Gasteiger partial charge in [0.1, 0.15) is 17.2 Å². The van der Waals surface area contributed by atoms with Gasteiger partial charge >= 0.3 is 0 Å². The van der Waals surface area contributed by atoms with E-state index in [0.717, 1.165) is 5.69 Å². The second-order valence-electron chi connectivity index (χ2n) is 5.31. The Kier molecular flexibility index (Phi) is 6.26. The maximum Gasteiger partial charge on any atom is 0.234 e. The van der Waals surface area contributed by atoms with Crippen LogP contribution in [0.25, 0.3) is 5.69 Å². The first kappa shape index (κ1) is 18.7. The van der Waals surface area contributed by atoms with Gasteiger partial charge < -0.3 is 14.8 Å². The number of thioether (sulfide) groups is 1. The summed E-state index contributed by atoms with van der Waals surface area (Å²) in [6, 6.07) is 14.7. The van der Waals surface area contributed by atoms with E-state index >= 15 is 0 Å². The second kappa shape index (κ2) is 9.04. The molecule has 0 unspecified atom stereocenters. The number of nitrogens with one attached hydrogen (secondary N) is 1. The van der Waals surface area contributed by atoms with Crippen LogP contribution in [0.5, 0.6) is 11.5 Å². The van der Waals surface area contributed by atoms with E-state index in [9.17, 15) is 4.79 Å². The topological polar surface area (TPSA) is 91.2 Å². The minimum Gasteiger partial charge on any atom is -0.495 e. The molecule has 27 heavy (non-hydrogen) atoms. The number of hydrogen-bond donors (Lipinski definition) is 1. The number of aromatic nitrogens is 4. The molecule has 0 saturated heterocycles. The fourth-order valence-electron chi connectivity index (χ4n) is 2.39. The lowest BCUT2D eigenvalue weighted by Gasteiger charge is -2.11. The summed E-state index contributed by atoms with van der Waals surface area (Å²) in [5.41, 5.74) is 1.34. The molecule has 1 N–H and O–H groups in total. The molecule has 2 aromatic carbocycles. The van der Waals surface area contributed by atoms with E-state index in [4.69, 9.17) is 9.47 Å². The van der Waals surface area contributed by atoms with Crippen LogP contribution in [-0.4, -0.2) is 45.6 Å². The maximum absolute atomic E-state index is 12.3. The number of para-hydroxylation sites is 4. The largest absolute Gasteiger partial charge is 0.495 e. The number of methoxy groups -OCH3 is 1. The molecule has 0 spiro atoms. The van der Waals surface area contributed by atoms with Gasteiger partial charge in [0.15, 0.2) is 0 Å². The van der Waals surface area contributed by atoms with Crippen molar-refractivity contribution < 1.29 is 14.3 Å². The number of tetrazole rings is 1. The molecular formula is C18H19N5O3S. The molecule has 3 aromatic rings. The Morgan fingerprint density at radius 2 is 1.89 bits per heavy atom. The molecule has 1 aromatic heterocycles. The van der Waals surface area contributed by atoms with Gasteiger partial charge in [-0.15, -0.1) is 5.10 Å². The van der Waals surface area contributed by atoms with Gasteiger partial charge in [-0.05, 0) is 41.6 Å². The van der Waals surface area contributed by atoms with Crippen LogP contribution in [0.15, 0.2) is 53.7 Å². The molecule has 140 valence electrons. The fourth-order valence-corrected chi connectivity index (χ4v) is 3.08. The highest BCUT2D eigenvalue weighted by molar-refractivity contribution is 7.99. The Balaban J connectivity index is 1.70. The summed E-state index contributed by atoms with van der Waals surface area (Å²) in [5.74, 6) is 1.24. The Morgan fingerprint density at radius 3 is 2.67 bits per heavy atom. The molecule has 0 aliphatic carbocycles. The molecule has 8 nitrogen and oxygen atoms in total. The predicted octanol–water partition coefficient (Wildman–Crippen LogP) is 2.80. The summed E-state index contributed by atoms with van der Waals surface area (Å²) in [7, 11) is 1.56. The SMILES string of the molecule is CCOc1ccccc1-n1nnnc1SCC(=O)Nc1ccccc1OC. The molecule has 9 heteroatoms. The van der Waals surface area contributed by atoms with Crippen molar-refractivity contribution in [2.75, 3.05) is 24.8 Å². The smallest absolute Gasteiger partial charge is 0.234 e. The lowest BCUT2D eigenvalue weighted by Crippen LogP contribution is -2.15. The Labute approximate surface area is 160 Å². The van der Waals surface area contributed by atoms with E-state index in [1.54, 1.807) is 23.9 Å². The number of nitrogens with zero attached hydrogens (tertiary/aromatic N) is 4. The van der Waals surface area contributed by atoms with E-state index in [2.05, 4.69) is 20.8 Å². The third-order valence-electron chi connectivity index (χ3n) is 3.55. The van der Waals surface area contributed by atoms with Gasteiger partial charge in [0.2, 0.25) is 11.1 Å². The van der Waals surface area contributed by atoms with E-state index in [0.29, 0.717) is 28.9 Å². The molecule has 0 saturated carbocycles. The van der Waals surface area contributed by atoms with Gasteiger partial charge in [0.05, 0.1) is 25.2 Å². The van der Waals surface area contributed by atoms with Gasteiger partial charge in [0, 0.05) is 0 Å². The van der Waals surface area contributed by atoms with Crippen molar-refractivity contribution in [3.63, 3.8) is 0 Å². The number of hydrogen-bond acceptors (Lipinski definition) is 7. The zero-order chi connectivity index (χ0) is 19.1. The Hall–Kier alpha value is -3.07. The van der Waals surface area contributed by atoms with Gasteiger partial charge in [-0.25, -0.2) is 0 Å². The summed E-state index contributed by atoms with van der Waals surface area (Å²) < 4.78 is 12.4. The first-order chi connectivity index (χ1) is 13.2. The van der Waals surface area contributed by atoms with E-state index in [1.165, 1.54) is 11.8 Å². The summed E-state index contributed by atoms with van der Waals surface area (Å²) >= 11 is 1.23. The zero-order valence-corrected chi connectivity index (χ0v) is 15.8. The van der Waals surface area contributed by atoms with Crippen LogP contribution in [0.2, 0.25) is 0 Å². The van der Waals surface area contributed by atoms with Gasteiger partial charge in [0.25, 0.3) is 0 Å². The number of ether oxygens (including phenoxy) is 2. The first-order valence-electron chi connectivity index (χ1n) is 8.29. The number of carbonyl (C=O) groups excluding carboxylic acids is 1. The number of benzene rings is 2. The number of anilines is 1. The third kappa shape index (κ3) is 4.56. The highest BCUT2D eigenvalue weighted by Gasteiger charge is 2.15. The monoisotopic (exact) mass is 385 g/mol. The van der Waals surface area contributed by atoms with Crippen molar-refractivity contribution >= 4 is 23.4 Å². The standard InChI is InChI=1S/C18H19N5O3S/c1-3-26-16-11-7-5-9-14(16)23-18(20-21-22-23)27-12-17(24)19-13-8-4-6-10-15(13)25-2/h4-11H,3,12H2,1-2H3,(H,19,24). The van der Waals surface area contributed by atoms with E-state index in [-0.39, 0.29) is 11.7 Å². The van der Waals surface area contributed by atoms with Gasteiger partial charge in [-0.2, -0.15) is 4.68 Å². The summed E-state index contributed by atoms with van der Waals surface area (Å²) in [6.45, 7) is 2.44. The van der Waals surface area contributed by atoms with Crippen LogP contribution in [-0.2, 0) is 4.79 Å². The molecule has 0 aliphatic heterocycles. The average molecular weight is 385 g/mol. The van der Waals surface area contributed by atoms with Gasteiger partial charge in [-0.1, -0.05) is 36.0 Å². The van der Waals surface area contributed by atoms with Crippen LogP contribution in [0, 0.1) is 0 Å². The summed E-state index contributed by atoms with van der Waals surface area (Å²) in [6.07, 6.45) is 0. The summed E-state index contributed by atoms with van der Waals surface area (Å²) in [4.78, 5) is 12.3. The molecule has 0 fully saturated rings. The number of carbonyl (C=O) groups is 1. The quantitative estimate of drug-likeness (QED) is 0.596. The minimum absolute atomic E-state index is 0.148. The molecule has 3 rings (SSSR count). The lowest BCUT2D eigenvalue weighted by molar-refractivity contribution is -0.113. The first-order valence-corrected chi connectivity index (χ1v) is 9.27. The summed E-state index contributed by atoms with van der Waals surface area (Å²) in [5, 5.41) is 15.1. The van der Waals surface area contributed by atoms with Crippen molar-refractivity contribution in [1.82, 2.24) is 20.2 Å². The van der Waals surface area contributed by atoms with E-state index < -0.39 is 0 Å². The average Bonchev–Trinajstić information content (AvgIpc) is 3.16. The Morgan fingerprint density at radius 1 is 1.15 bits per heavy atom. The van der Waals surface area contributed by atoms with Crippen LogP contribution < -0.4 is 14.8 Å². The maximum atomic E-state index is 12.3. The molecule has 1 amide bonds. The van der Waals surface area contributed by atoms with Gasteiger partial charge in [-0.3, -0.25) is 4.79 Å². The molecule has 0 aliphatic rings. The molecule has 0 bridgehead atoms. The van der Waals surface area contributed by atoms with Crippen molar-refractivity contribution in [1.29, 1.82) is 0 Å². The highest BCUT2D eigenvalue weighted by Crippen LogP contribution is 2.27. The van der Waals surface area contributed by atoms with Crippen molar-refractivity contribution in [2.24, 2.45) is 0 Å². The van der Waals surface area contributed by atoms with Crippen molar-refractivity contribution in [3.05, 3.63) is 48.5 Å². The molecule has 0 radical (unpaired) electrons. The molecule has 0 atom stereocenters. The van der Waals surface area contributed by atoms with Crippen LogP contribution >= 0.6 is 11.8 Å². The number of rotatable bonds is 8. The zero-order valence-electron chi connectivity index (χ0n) is 15.0. The lowest BCUT2D eigenvalue weighted by atomic mass is 10.3. The molecule has 1 heterocycles. The Bertz CT molecular complexity index is 915. The third-order valence-corrected chi connectivity index (χ3v) is 4.47. The highest BCUT2D eigenvalue weighted by atomic mass is 32.2. The number of amides is 1.